The van der Waals surface area contributed by atoms with E-state index in [4.69, 9.17) is 0 Å². The summed E-state index contributed by atoms with van der Waals surface area (Å²) in [6.45, 7) is 5.21. The van der Waals surface area contributed by atoms with E-state index in [1.807, 2.05) is 23.1 Å². The Morgan fingerprint density at radius 2 is 1.51 bits per heavy atom. The Labute approximate surface area is 210 Å². The van der Waals surface area contributed by atoms with Crippen LogP contribution in [0.3, 0.4) is 0 Å². The predicted molar refractivity (Wildman–Crippen MR) is 138 cm³/mol. The van der Waals surface area contributed by atoms with Gasteiger partial charge in [-0.25, -0.2) is 8.42 Å². The minimum Gasteiger partial charge on any atom is -0.340 e. The molecule has 1 aliphatic carbocycles. The fraction of sp³-hybridized carbons (Fsp3) is 0.536. The molecule has 5 rings (SSSR count). The van der Waals surface area contributed by atoms with Crippen LogP contribution in [0, 0.1) is 5.92 Å². The lowest BCUT2D eigenvalue weighted by Crippen LogP contribution is -2.52. The van der Waals surface area contributed by atoms with E-state index in [0.717, 1.165) is 58.4 Å². The molecule has 2 fully saturated rings. The van der Waals surface area contributed by atoms with Gasteiger partial charge in [0.2, 0.25) is 15.9 Å². The van der Waals surface area contributed by atoms with Crippen molar-refractivity contribution < 1.29 is 13.2 Å². The Hall–Kier alpha value is -2.22. The minimum absolute atomic E-state index is 0.0687. The number of rotatable bonds is 6. The van der Waals surface area contributed by atoms with Gasteiger partial charge in [0.15, 0.2) is 0 Å². The average molecular weight is 496 g/mol. The van der Waals surface area contributed by atoms with Gasteiger partial charge in [0.1, 0.15) is 0 Å². The van der Waals surface area contributed by atoms with Crippen LogP contribution in [-0.4, -0.2) is 74.2 Å². The van der Waals surface area contributed by atoms with Crippen LogP contribution in [0.1, 0.15) is 42.4 Å². The van der Waals surface area contributed by atoms with Gasteiger partial charge in [-0.3, -0.25) is 9.69 Å². The van der Waals surface area contributed by atoms with Crippen LogP contribution in [0.4, 0.5) is 0 Å². The van der Waals surface area contributed by atoms with Crippen LogP contribution in [0.5, 0.6) is 0 Å². The third-order valence-corrected chi connectivity index (χ3v) is 9.90. The maximum Gasteiger partial charge on any atom is 0.243 e. The van der Waals surface area contributed by atoms with E-state index in [1.54, 1.807) is 10.4 Å². The fourth-order valence-corrected chi connectivity index (χ4v) is 7.27. The molecule has 0 unspecified atom stereocenters. The van der Waals surface area contributed by atoms with Crippen LogP contribution < -0.4 is 0 Å². The maximum atomic E-state index is 13.3. The summed E-state index contributed by atoms with van der Waals surface area (Å²) in [4.78, 5) is 18.0. The molecule has 2 aromatic carbocycles. The molecule has 2 aliphatic heterocycles. The van der Waals surface area contributed by atoms with E-state index in [2.05, 4.69) is 29.2 Å². The number of hydrogen-bond donors (Lipinski definition) is 0. The van der Waals surface area contributed by atoms with Crippen LogP contribution in [0.15, 0.2) is 53.4 Å². The smallest absolute Gasteiger partial charge is 0.243 e. The lowest BCUT2D eigenvalue weighted by molar-refractivity contribution is -0.138. The quantitative estimate of drug-likeness (QED) is 0.617. The standard InChI is InChI=1S/C28H37N3O3S/c32-28(30-20-18-29(19-21-30)15-12-23-6-2-1-3-7-23)25-13-16-31(17-14-25)35(33,34)27-11-10-24-8-4-5-9-26(24)22-27/h1-3,6-7,10-11,22,25H,4-5,8-9,12-21H2. The van der Waals surface area contributed by atoms with E-state index in [1.165, 1.54) is 23.1 Å². The maximum absolute atomic E-state index is 13.3. The monoisotopic (exact) mass is 495 g/mol. The molecule has 7 heteroatoms. The zero-order valence-electron chi connectivity index (χ0n) is 20.6. The second kappa shape index (κ2) is 10.8. The largest absolute Gasteiger partial charge is 0.340 e. The Morgan fingerprint density at radius 1 is 0.829 bits per heavy atom. The van der Waals surface area contributed by atoms with Crippen molar-refractivity contribution in [3.05, 3.63) is 65.2 Å². The molecule has 0 bridgehead atoms. The number of benzene rings is 2. The molecule has 3 aliphatic rings. The number of nitrogens with zero attached hydrogens (tertiary/aromatic N) is 3. The third kappa shape index (κ3) is 5.63. The third-order valence-electron chi connectivity index (χ3n) is 8.00. The molecule has 2 saturated heterocycles. The molecule has 1 amide bonds. The number of piperazine rings is 1. The van der Waals surface area contributed by atoms with Gasteiger partial charge in [0, 0.05) is 51.7 Å². The Kier molecular flexibility index (Phi) is 7.56. The first-order chi connectivity index (χ1) is 17.0. The van der Waals surface area contributed by atoms with Crippen molar-refractivity contribution in [1.29, 1.82) is 0 Å². The summed E-state index contributed by atoms with van der Waals surface area (Å²) in [7, 11) is -3.50. The lowest BCUT2D eigenvalue weighted by atomic mass is 9.92. The molecule has 188 valence electrons. The van der Waals surface area contributed by atoms with Gasteiger partial charge in [-0.1, -0.05) is 36.4 Å². The highest BCUT2D eigenvalue weighted by Crippen LogP contribution is 2.29. The fourth-order valence-electron chi connectivity index (χ4n) is 5.74. The number of amides is 1. The molecular weight excluding hydrogens is 458 g/mol. The highest BCUT2D eigenvalue weighted by Gasteiger charge is 2.35. The highest BCUT2D eigenvalue weighted by atomic mass is 32.2. The first-order valence-corrected chi connectivity index (χ1v) is 14.6. The van der Waals surface area contributed by atoms with Gasteiger partial charge in [0.25, 0.3) is 0 Å². The molecule has 35 heavy (non-hydrogen) atoms. The number of carbonyl (C=O) groups excluding carboxylic acids is 1. The number of fused-ring (bicyclic) bond motifs is 1. The number of carbonyl (C=O) groups is 1. The van der Waals surface area contributed by atoms with Crippen molar-refractivity contribution >= 4 is 15.9 Å². The summed E-state index contributed by atoms with van der Waals surface area (Å²) in [5.74, 6) is 0.138. The van der Waals surface area contributed by atoms with Gasteiger partial charge >= 0.3 is 0 Å². The molecule has 0 atom stereocenters. The Bertz CT molecular complexity index is 1120. The van der Waals surface area contributed by atoms with Gasteiger partial charge in [0.05, 0.1) is 4.90 Å². The van der Waals surface area contributed by atoms with Crippen LogP contribution in [0.25, 0.3) is 0 Å². The number of piperidine rings is 1. The number of aryl methyl sites for hydroxylation is 2. The highest BCUT2D eigenvalue weighted by molar-refractivity contribution is 7.89. The van der Waals surface area contributed by atoms with Crippen molar-refractivity contribution in [2.24, 2.45) is 5.92 Å². The predicted octanol–water partition coefficient (Wildman–Crippen LogP) is 3.35. The first-order valence-electron chi connectivity index (χ1n) is 13.2. The summed E-state index contributed by atoms with van der Waals surface area (Å²) in [6.07, 6.45) is 6.58. The number of sulfonamides is 1. The second-order valence-corrected chi connectivity index (χ2v) is 12.2. The van der Waals surface area contributed by atoms with Crippen molar-refractivity contribution in [3.63, 3.8) is 0 Å². The minimum atomic E-state index is -3.50. The first kappa shape index (κ1) is 24.5. The summed E-state index contributed by atoms with van der Waals surface area (Å²) in [5, 5.41) is 0. The van der Waals surface area contributed by atoms with Gasteiger partial charge in [-0.05, 0) is 73.8 Å². The molecule has 6 nitrogen and oxygen atoms in total. The van der Waals surface area contributed by atoms with Gasteiger partial charge in [-0.15, -0.1) is 0 Å². The Balaban J connectivity index is 1.10. The molecule has 2 heterocycles. The van der Waals surface area contributed by atoms with Gasteiger partial charge in [-0.2, -0.15) is 4.31 Å². The molecule has 0 radical (unpaired) electrons. The molecule has 0 saturated carbocycles. The van der Waals surface area contributed by atoms with E-state index in [-0.39, 0.29) is 11.8 Å². The second-order valence-electron chi connectivity index (χ2n) is 10.2. The summed E-state index contributed by atoms with van der Waals surface area (Å²) in [5.41, 5.74) is 3.83. The van der Waals surface area contributed by atoms with Crippen LogP contribution >= 0.6 is 0 Å². The van der Waals surface area contributed by atoms with Crippen molar-refractivity contribution in [2.75, 3.05) is 45.8 Å². The SMILES string of the molecule is O=C(C1CCN(S(=O)(=O)c2ccc3c(c2)CCCC3)CC1)N1CCN(CCc2ccccc2)CC1. The van der Waals surface area contributed by atoms with Crippen molar-refractivity contribution in [3.8, 4) is 0 Å². The normalized spacial score (nSPS) is 20.5. The summed E-state index contributed by atoms with van der Waals surface area (Å²) in [6, 6.07) is 16.2. The van der Waals surface area contributed by atoms with E-state index < -0.39 is 10.0 Å². The molecule has 0 N–H and O–H groups in total. The molecule has 0 aromatic heterocycles. The van der Waals surface area contributed by atoms with E-state index in [9.17, 15) is 13.2 Å². The molecule has 2 aromatic rings. The summed E-state index contributed by atoms with van der Waals surface area (Å²) >= 11 is 0. The molecular formula is C28H37N3O3S. The average Bonchev–Trinajstić information content (AvgIpc) is 2.92. The Morgan fingerprint density at radius 3 is 2.23 bits per heavy atom. The zero-order chi connectivity index (χ0) is 24.3. The van der Waals surface area contributed by atoms with Crippen LogP contribution in [0.2, 0.25) is 0 Å². The van der Waals surface area contributed by atoms with E-state index in [0.29, 0.717) is 30.8 Å². The van der Waals surface area contributed by atoms with E-state index >= 15 is 0 Å². The van der Waals surface area contributed by atoms with Crippen molar-refractivity contribution in [1.82, 2.24) is 14.1 Å². The zero-order valence-corrected chi connectivity index (χ0v) is 21.4. The van der Waals surface area contributed by atoms with Gasteiger partial charge < -0.3 is 4.90 Å². The molecule has 0 spiro atoms. The summed E-state index contributed by atoms with van der Waals surface area (Å²) < 4.78 is 28.1. The van der Waals surface area contributed by atoms with Crippen LogP contribution in [-0.2, 0) is 34.1 Å². The lowest BCUT2D eigenvalue weighted by Gasteiger charge is -2.38. The number of hydrogen-bond acceptors (Lipinski definition) is 4. The topological polar surface area (TPSA) is 60.9 Å². The van der Waals surface area contributed by atoms with Crippen molar-refractivity contribution in [2.45, 2.75) is 49.8 Å².